The van der Waals surface area contributed by atoms with E-state index in [4.69, 9.17) is 0 Å². The molecule has 0 aliphatic heterocycles. The van der Waals surface area contributed by atoms with Gasteiger partial charge in [-0.2, -0.15) is 0 Å². The highest BCUT2D eigenvalue weighted by atomic mass is 32.1. The van der Waals surface area contributed by atoms with Crippen LogP contribution < -0.4 is 5.46 Å². The van der Waals surface area contributed by atoms with Crippen molar-refractivity contribution in [2.45, 2.75) is 0 Å². The number of rotatable bonds is 2. The minimum Gasteiger partial charge on any atom is -0.423 e. The van der Waals surface area contributed by atoms with Crippen molar-refractivity contribution in [3.8, 4) is 11.1 Å². The molecular weight excluding hydrogens is 291 g/mol. The lowest BCUT2D eigenvalue weighted by Gasteiger charge is -2.10. The van der Waals surface area contributed by atoms with Crippen LogP contribution in [0.3, 0.4) is 0 Å². The second kappa shape index (κ2) is 5.25. The summed E-state index contributed by atoms with van der Waals surface area (Å²) >= 11 is 1.76. The van der Waals surface area contributed by atoms with Gasteiger partial charge in [-0.25, -0.2) is 0 Å². The van der Waals surface area contributed by atoms with E-state index in [2.05, 4.69) is 18.2 Å². The molecule has 2 nitrogen and oxygen atoms in total. The van der Waals surface area contributed by atoms with Gasteiger partial charge in [-0.15, -0.1) is 11.3 Å². The fraction of sp³-hybridized carbons (Fsp3) is 0. The lowest BCUT2D eigenvalue weighted by atomic mass is 9.75. The van der Waals surface area contributed by atoms with Crippen LogP contribution >= 0.6 is 11.3 Å². The predicted molar refractivity (Wildman–Crippen MR) is 94.6 cm³/mol. The van der Waals surface area contributed by atoms with E-state index in [1.165, 1.54) is 20.2 Å². The summed E-state index contributed by atoms with van der Waals surface area (Å²) < 4.78 is 2.45. The van der Waals surface area contributed by atoms with Crippen LogP contribution in [0.25, 0.3) is 31.3 Å². The summed E-state index contributed by atoms with van der Waals surface area (Å²) in [7, 11) is -1.48. The molecule has 2 N–H and O–H groups in total. The molecule has 0 saturated carbocycles. The number of fused-ring (bicyclic) bond motifs is 3. The van der Waals surface area contributed by atoms with Crippen molar-refractivity contribution in [3.05, 3.63) is 66.7 Å². The summed E-state index contributed by atoms with van der Waals surface area (Å²) in [6.07, 6.45) is 0. The van der Waals surface area contributed by atoms with Crippen LogP contribution in [0.5, 0.6) is 0 Å². The molecule has 106 valence electrons. The molecule has 22 heavy (non-hydrogen) atoms. The quantitative estimate of drug-likeness (QED) is 0.557. The molecule has 0 spiro atoms. The Kier molecular flexibility index (Phi) is 3.23. The minimum absolute atomic E-state index is 0.533. The van der Waals surface area contributed by atoms with E-state index in [1.807, 2.05) is 42.5 Å². The van der Waals surface area contributed by atoms with Crippen LogP contribution in [-0.4, -0.2) is 17.2 Å². The molecule has 0 aliphatic rings. The summed E-state index contributed by atoms with van der Waals surface area (Å²) in [6, 6.07) is 22.0. The summed E-state index contributed by atoms with van der Waals surface area (Å²) in [5.41, 5.74) is 2.44. The van der Waals surface area contributed by atoms with Crippen LogP contribution in [0.2, 0.25) is 0 Å². The molecule has 0 bridgehead atoms. The molecule has 0 unspecified atom stereocenters. The van der Waals surface area contributed by atoms with Crippen molar-refractivity contribution in [2.75, 3.05) is 0 Å². The zero-order valence-electron chi connectivity index (χ0n) is 11.7. The van der Waals surface area contributed by atoms with Crippen LogP contribution in [-0.2, 0) is 0 Å². The molecule has 0 radical (unpaired) electrons. The molecule has 1 aromatic heterocycles. The van der Waals surface area contributed by atoms with Gasteiger partial charge in [0.05, 0.1) is 0 Å². The van der Waals surface area contributed by atoms with E-state index in [1.54, 1.807) is 17.4 Å². The predicted octanol–water partition coefficient (Wildman–Crippen LogP) is 3.40. The maximum atomic E-state index is 9.66. The van der Waals surface area contributed by atoms with Gasteiger partial charge in [0, 0.05) is 20.2 Å². The molecule has 4 heteroatoms. The topological polar surface area (TPSA) is 40.5 Å². The normalized spacial score (nSPS) is 11.2. The van der Waals surface area contributed by atoms with Gasteiger partial charge in [-0.3, -0.25) is 0 Å². The SMILES string of the molecule is OB(O)c1ccccc1-c1cccc2sc3ccccc3c12. The van der Waals surface area contributed by atoms with E-state index >= 15 is 0 Å². The third-order valence-electron chi connectivity index (χ3n) is 3.93. The fourth-order valence-corrected chi connectivity index (χ4v) is 4.10. The highest BCUT2D eigenvalue weighted by molar-refractivity contribution is 7.25. The second-order valence-electron chi connectivity index (χ2n) is 5.24. The Hall–Kier alpha value is -2.14. The lowest BCUT2D eigenvalue weighted by molar-refractivity contribution is 0.426. The molecule has 3 aromatic carbocycles. The van der Waals surface area contributed by atoms with Crippen LogP contribution in [0.4, 0.5) is 0 Å². The fourth-order valence-electron chi connectivity index (χ4n) is 2.97. The summed E-state index contributed by atoms with van der Waals surface area (Å²) in [6.45, 7) is 0. The summed E-state index contributed by atoms with van der Waals surface area (Å²) in [5.74, 6) is 0. The van der Waals surface area contributed by atoms with Gasteiger partial charge >= 0.3 is 7.12 Å². The van der Waals surface area contributed by atoms with Crippen molar-refractivity contribution >= 4 is 44.1 Å². The Balaban J connectivity index is 2.12. The Morgan fingerprint density at radius 1 is 0.682 bits per heavy atom. The van der Waals surface area contributed by atoms with E-state index in [0.717, 1.165) is 11.1 Å². The van der Waals surface area contributed by atoms with Gasteiger partial charge in [0.2, 0.25) is 0 Å². The van der Waals surface area contributed by atoms with Gasteiger partial charge < -0.3 is 10.0 Å². The molecule has 4 aromatic rings. The first-order valence-corrected chi connectivity index (χ1v) is 7.93. The maximum absolute atomic E-state index is 9.66. The van der Waals surface area contributed by atoms with Gasteiger partial charge in [0.25, 0.3) is 0 Å². The van der Waals surface area contributed by atoms with E-state index in [-0.39, 0.29) is 0 Å². The average molecular weight is 304 g/mol. The molecule has 1 heterocycles. The van der Waals surface area contributed by atoms with Crippen molar-refractivity contribution in [1.82, 2.24) is 0 Å². The Labute approximate surface area is 132 Å². The van der Waals surface area contributed by atoms with Gasteiger partial charge in [0.15, 0.2) is 0 Å². The third-order valence-corrected chi connectivity index (χ3v) is 5.07. The zero-order chi connectivity index (χ0) is 15.1. The lowest BCUT2D eigenvalue weighted by Crippen LogP contribution is -2.31. The molecule has 0 amide bonds. The zero-order valence-corrected chi connectivity index (χ0v) is 12.5. The number of hydrogen-bond donors (Lipinski definition) is 2. The summed E-state index contributed by atoms with van der Waals surface area (Å²) in [5, 5.41) is 21.7. The molecular formula is C18H13BO2S. The molecule has 0 fully saturated rings. The van der Waals surface area contributed by atoms with Gasteiger partial charge in [-0.1, -0.05) is 54.6 Å². The first kappa shape index (κ1) is 13.5. The standard InChI is InChI=1S/C18H13BO2S/c20-19(21)15-9-3-1-6-12(15)13-8-5-11-17-18(13)14-7-2-4-10-16(14)22-17/h1-11,20-21H. The van der Waals surface area contributed by atoms with Gasteiger partial charge in [0.1, 0.15) is 0 Å². The third kappa shape index (κ3) is 2.04. The largest absolute Gasteiger partial charge is 0.489 e. The van der Waals surface area contributed by atoms with Crippen LogP contribution in [0.15, 0.2) is 66.7 Å². The van der Waals surface area contributed by atoms with E-state index in [0.29, 0.717) is 5.46 Å². The first-order valence-electron chi connectivity index (χ1n) is 7.11. The Bertz CT molecular complexity index is 975. The maximum Gasteiger partial charge on any atom is 0.489 e. The molecule has 0 saturated heterocycles. The van der Waals surface area contributed by atoms with E-state index in [9.17, 15) is 10.0 Å². The van der Waals surface area contributed by atoms with Crippen molar-refractivity contribution < 1.29 is 10.0 Å². The summed E-state index contributed by atoms with van der Waals surface area (Å²) in [4.78, 5) is 0. The van der Waals surface area contributed by atoms with Crippen molar-refractivity contribution in [3.63, 3.8) is 0 Å². The monoisotopic (exact) mass is 304 g/mol. The molecule has 0 atom stereocenters. The van der Waals surface area contributed by atoms with Crippen LogP contribution in [0.1, 0.15) is 0 Å². The average Bonchev–Trinajstić information content (AvgIpc) is 2.93. The van der Waals surface area contributed by atoms with Crippen LogP contribution in [0, 0.1) is 0 Å². The Morgan fingerprint density at radius 3 is 2.23 bits per heavy atom. The smallest absolute Gasteiger partial charge is 0.423 e. The first-order chi connectivity index (χ1) is 10.8. The van der Waals surface area contributed by atoms with Gasteiger partial charge in [-0.05, 0) is 28.7 Å². The highest BCUT2D eigenvalue weighted by Crippen LogP contribution is 2.39. The van der Waals surface area contributed by atoms with Crippen molar-refractivity contribution in [2.24, 2.45) is 0 Å². The molecule has 0 aliphatic carbocycles. The van der Waals surface area contributed by atoms with E-state index < -0.39 is 7.12 Å². The Morgan fingerprint density at radius 2 is 1.36 bits per heavy atom. The van der Waals surface area contributed by atoms with Crippen molar-refractivity contribution in [1.29, 1.82) is 0 Å². The number of thiophene rings is 1. The number of benzene rings is 3. The molecule has 4 rings (SSSR count). The highest BCUT2D eigenvalue weighted by Gasteiger charge is 2.18. The minimum atomic E-state index is -1.48. The second-order valence-corrected chi connectivity index (χ2v) is 6.32. The number of hydrogen-bond acceptors (Lipinski definition) is 3.